The Hall–Kier alpha value is -2.91. The van der Waals surface area contributed by atoms with E-state index < -0.39 is 10.0 Å². The molecule has 0 aliphatic carbocycles. The van der Waals surface area contributed by atoms with Crippen molar-refractivity contribution in [2.75, 3.05) is 11.5 Å². The summed E-state index contributed by atoms with van der Waals surface area (Å²) in [6.45, 7) is 9.52. The minimum absolute atomic E-state index is 0.688. The van der Waals surface area contributed by atoms with Crippen LogP contribution in [0.15, 0.2) is 69.3 Å². The molecule has 1 aliphatic heterocycles. The molecule has 0 saturated carbocycles. The molecule has 8 aromatic rings. The number of thiophene rings is 4. The molecule has 6 nitrogen and oxygen atoms in total. The number of pyridine rings is 2. The molecule has 0 bridgehead atoms. The van der Waals surface area contributed by atoms with Crippen molar-refractivity contribution in [1.82, 2.24) is 27.5 Å². The Balaban J connectivity index is 1.22. The molecule has 2 unspecified atom stereocenters. The summed E-state index contributed by atoms with van der Waals surface area (Å²) in [6.07, 6.45) is 15.6. The van der Waals surface area contributed by atoms with Crippen LogP contribution in [0.4, 0.5) is 0 Å². The fourth-order valence-corrected chi connectivity index (χ4v) is 19.4. The number of fused-ring (bicyclic) bond motifs is 5. The summed E-state index contributed by atoms with van der Waals surface area (Å²) in [5, 5.41) is 4.21. The highest BCUT2D eigenvalue weighted by molar-refractivity contribution is 8.34. The van der Waals surface area contributed by atoms with Gasteiger partial charge in [0.2, 0.25) is 0 Å². The van der Waals surface area contributed by atoms with Crippen LogP contribution in [0.5, 0.6) is 0 Å². The molecule has 0 N–H and O–H groups in total. The molecule has 8 aromatic heterocycles. The molecule has 0 fully saturated rings. The quantitative estimate of drug-likeness (QED) is 0.0907. The van der Waals surface area contributed by atoms with E-state index in [4.69, 9.17) is 27.5 Å². The zero-order chi connectivity index (χ0) is 38.2. The Kier molecular flexibility index (Phi) is 11.5. The van der Waals surface area contributed by atoms with Crippen molar-refractivity contribution in [2.24, 2.45) is 11.8 Å². The molecule has 0 saturated heterocycles. The molecule has 2 atom stereocenters. The lowest BCUT2D eigenvalue weighted by Gasteiger charge is -2.41. The van der Waals surface area contributed by atoms with E-state index in [1.165, 1.54) is 112 Å². The van der Waals surface area contributed by atoms with Gasteiger partial charge in [-0.3, -0.25) is 9.97 Å². The van der Waals surface area contributed by atoms with Gasteiger partial charge in [0.05, 0.1) is 43.0 Å². The second kappa shape index (κ2) is 16.8. The van der Waals surface area contributed by atoms with Gasteiger partial charge in [-0.25, -0.2) is 0 Å². The molecule has 290 valence electrons. The fourth-order valence-electron chi connectivity index (χ4n) is 8.32. The van der Waals surface area contributed by atoms with Crippen molar-refractivity contribution >= 4 is 101 Å². The summed E-state index contributed by atoms with van der Waals surface area (Å²) < 4.78 is 19.4. The van der Waals surface area contributed by atoms with E-state index in [9.17, 15) is 0 Å². The molecule has 1 aliphatic rings. The Bertz CT molecular complexity index is 2400. The largest absolute Gasteiger partial charge is 0.252 e. The highest BCUT2D eigenvalue weighted by Crippen LogP contribution is 2.77. The molecule has 0 amide bonds. The van der Waals surface area contributed by atoms with Crippen LogP contribution in [0.1, 0.15) is 85.5 Å². The summed E-state index contributed by atoms with van der Waals surface area (Å²) in [5.74, 6) is 3.94. The lowest BCUT2D eigenvalue weighted by molar-refractivity contribution is 0.440. The molecular formula is C43H46N6S7. The number of rotatable bonds is 17. The van der Waals surface area contributed by atoms with E-state index >= 15 is 0 Å². The maximum absolute atomic E-state index is 5.06. The third-order valence-electron chi connectivity index (χ3n) is 11.5. The summed E-state index contributed by atoms with van der Waals surface area (Å²) >= 11 is 9.91. The van der Waals surface area contributed by atoms with E-state index in [0.29, 0.717) is 5.92 Å². The first kappa shape index (κ1) is 38.6. The van der Waals surface area contributed by atoms with Gasteiger partial charge in [0.25, 0.3) is 0 Å². The predicted octanol–water partition coefficient (Wildman–Crippen LogP) is 15.4. The molecule has 56 heavy (non-hydrogen) atoms. The third kappa shape index (κ3) is 6.92. The van der Waals surface area contributed by atoms with Crippen molar-refractivity contribution in [1.29, 1.82) is 0 Å². The minimum atomic E-state index is -1.38. The van der Waals surface area contributed by atoms with Crippen LogP contribution in [0.2, 0.25) is 0 Å². The molecular weight excluding hydrogens is 825 g/mol. The zero-order valence-electron chi connectivity index (χ0n) is 32.2. The van der Waals surface area contributed by atoms with Crippen LogP contribution in [0, 0.1) is 11.8 Å². The number of hydrogen-bond acceptors (Lipinski definition) is 12. The van der Waals surface area contributed by atoms with E-state index in [1.54, 1.807) is 32.5 Å². The van der Waals surface area contributed by atoms with Crippen molar-refractivity contribution in [3.05, 3.63) is 59.6 Å². The van der Waals surface area contributed by atoms with E-state index in [2.05, 4.69) is 87.2 Å². The fraction of sp³-hybridized carbons (Fsp3) is 0.395. The maximum atomic E-state index is 5.06. The van der Waals surface area contributed by atoms with Crippen LogP contribution < -0.4 is 0 Å². The van der Waals surface area contributed by atoms with E-state index in [0.717, 1.165) is 60.3 Å². The molecule has 0 radical (unpaired) electrons. The summed E-state index contributed by atoms with van der Waals surface area (Å²) in [4.78, 5) is 21.1. The first-order valence-corrected chi connectivity index (χ1v) is 26.8. The number of aromatic nitrogens is 6. The summed E-state index contributed by atoms with van der Waals surface area (Å²) in [7, 11) is -1.38. The summed E-state index contributed by atoms with van der Waals surface area (Å²) in [6, 6.07) is 13.6. The number of unbranched alkanes of at least 4 members (excludes halogenated alkanes) is 2. The van der Waals surface area contributed by atoms with Crippen molar-refractivity contribution in [3.8, 4) is 51.8 Å². The molecule has 0 spiro atoms. The monoisotopic (exact) mass is 870 g/mol. The second-order valence-corrected chi connectivity index (χ2v) is 23.3. The second-order valence-electron chi connectivity index (χ2n) is 14.9. The Morgan fingerprint density at radius 3 is 1.55 bits per heavy atom. The van der Waals surface area contributed by atoms with Gasteiger partial charge < -0.3 is 0 Å². The number of hydrogen-bond donors (Lipinski definition) is 0. The van der Waals surface area contributed by atoms with Crippen molar-refractivity contribution < 1.29 is 0 Å². The van der Waals surface area contributed by atoms with Crippen LogP contribution in [-0.4, -0.2) is 39.0 Å². The Morgan fingerprint density at radius 2 is 1.09 bits per heavy atom. The van der Waals surface area contributed by atoms with Gasteiger partial charge in [-0.1, -0.05) is 84.8 Å². The third-order valence-corrected chi connectivity index (χ3v) is 21.4. The van der Waals surface area contributed by atoms with Crippen molar-refractivity contribution in [2.45, 2.75) is 95.3 Å². The van der Waals surface area contributed by atoms with E-state index in [1.807, 2.05) is 22.7 Å². The standard InChI is InChI=1S/C43H46N6S7/c1-5-9-13-26(7-3)17-20-56(25-27(8-4)14-10-6-2)34-21-32(28-23-44-38(30-15-11-18-50-30)40-36(28)46-54-48-40)52-42(34)43-35(56)22-33(53-43)29-24-45-39(31-16-12-19-51-31)41-37(29)47-55-49-41/h11-12,15-16,18-19,21-24,26-27H,5-10,13-14,17,20,25H2,1-4H3. The smallest absolute Gasteiger partial charge is 0.132 e. The number of nitrogens with zero attached hydrogens (tertiary/aromatic N) is 6. The first-order valence-electron chi connectivity index (χ1n) is 19.9. The molecule has 13 heteroatoms. The van der Waals surface area contributed by atoms with Gasteiger partial charge in [0.1, 0.15) is 33.5 Å². The lowest BCUT2D eigenvalue weighted by atomic mass is 9.97. The Morgan fingerprint density at radius 1 is 0.589 bits per heavy atom. The summed E-state index contributed by atoms with van der Waals surface area (Å²) in [5.41, 5.74) is 7.84. The maximum Gasteiger partial charge on any atom is 0.132 e. The average Bonchev–Trinajstić information content (AvgIpc) is 4.08. The van der Waals surface area contributed by atoms with Gasteiger partial charge >= 0.3 is 0 Å². The van der Waals surface area contributed by atoms with Gasteiger partial charge in [-0.2, -0.15) is 27.5 Å². The van der Waals surface area contributed by atoms with Gasteiger partial charge in [0, 0.05) is 43.1 Å². The topological polar surface area (TPSA) is 77.3 Å². The lowest BCUT2D eigenvalue weighted by Crippen LogP contribution is -2.18. The SMILES string of the molecule is CCCCC(CC)CCS1(CC(CC)CCCC)c2cc(-c3cnc(-c4cccs4)c4nsnc34)sc2-c2sc(-c3cnc(-c4cccs4)c4nsnc34)cc21. The predicted molar refractivity (Wildman–Crippen MR) is 248 cm³/mol. The van der Waals surface area contributed by atoms with Crippen LogP contribution in [0.25, 0.3) is 73.8 Å². The first-order chi connectivity index (χ1) is 27.6. The minimum Gasteiger partial charge on any atom is -0.252 e. The van der Waals surface area contributed by atoms with Gasteiger partial charge in [-0.15, -0.1) is 45.3 Å². The highest BCUT2D eigenvalue weighted by atomic mass is 32.3. The molecule has 9 heterocycles. The normalized spacial score (nSPS) is 15.1. The van der Waals surface area contributed by atoms with Crippen LogP contribution in [-0.2, 0) is 0 Å². The average molecular weight is 871 g/mol. The highest BCUT2D eigenvalue weighted by Gasteiger charge is 2.44. The molecule has 0 aromatic carbocycles. The zero-order valence-corrected chi connectivity index (χ0v) is 38.0. The van der Waals surface area contributed by atoms with Gasteiger partial charge in [0.15, 0.2) is 0 Å². The van der Waals surface area contributed by atoms with Crippen molar-refractivity contribution in [3.63, 3.8) is 0 Å². The Labute approximate surface area is 355 Å². The van der Waals surface area contributed by atoms with Crippen LogP contribution >= 0.6 is 78.8 Å². The van der Waals surface area contributed by atoms with Crippen LogP contribution in [0.3, 0.4) is 0 Å². The van der Waals surface area contributed by atoms with Gasteiger partial charge in [-0.05, 0) is 71.2 Å². The molecule has 9 rings (SSSR count). The van der Waals surface area contributed by atoms with E-state index in [-0.39, 0.29) is 0 Å².